The Hall–Kier alpha value is 1.28. The van der Waals surface area contributed by atoms with Crippen molar-refractivity contribution in [3.8, 4) is 0 Å². The fourth-order valence-electron chi connectivity index (χ4n) is 0.145. The molecular formula is C4H4Br2Cl2. The summed E-state index contributed by atoms with van der Waals surface area (Å²) in [4.78, 5) is 0. The summed E-state index contributed by atoms with van der Waals surface area (Å²) < 4.78 is 0. The minimum absolute atomic E-state index is 0.624. The van der Waals surface area contributed by atoms with Gasteiger partial charge in [0.05, 0.1) is 0 Å². The second kappa shape index (κ2) is 5.10. The maximum Gasteiger partial charge on any atom is 0.0440 e. The molecule has 0 radical (unpaired) electrons. The lowest BCUT2D eigenvalue weighted by atomic mass is 10.6. The zero-order chi connectivity index (χ0) is 6.57. The summed E-state index contributed by atoms with van der Waals surface area (Å²) in [5.41, 5.74) is 0. The summed E-state index contributed by atoms with van der Waals surface area (Å²) in [7, 11) is 0. The first-order chi connectivity index (χ1) is 3.72. The Balaban J connectivity index is 3.83. The third kappa shape index (κ3) is 3.33. The lowest BCUT2D eigenvalue weighted by molar-refractivity contribution is 1.59. The van der Waals surface area contributed by atoms with Gasteiger partial charge in [-0.15, -0.1) is 0 Å². The third-order valence-electron chi connectivity index (χ3n) is 0.529. The molecule has 8 heavy (non-hydrogen) atoms. The highest BCUT2D eigenvalue weighted by Crippen LogP contribution is 2.17. The molecule has 0 unspecified atom stereocenters. The molecule has 0 heterocycles. The molecule has 0 aromatic rings. The van der Waals surface area contributed by atoms with Gasteiger partial charge < -0.3 is 0 Å². The molecule has 0 aliphatic heterocycles. The van der Waals surface area contributed by atoms with Gasteiger partial charge in [-0.05, 0) is 0 Å². The van der Waals surface area contributed by atoms with Crippen LogP contribution in [0.5, 0.6) is 0 Å². The Morgan fingerprint density at radius 3 is 1.38 bits per heavy atom. The highest BCUT2D eigenvalue weighted by Gasteiger charge is 1.95. The van der Waals surface area contributed by atoms with Gasteiger partial charge in [-0.1, -0.05) is 55.1 Å². The van der Waals surface area contributed by atoms with Gasteiger partial charge in [0.25, 0.3) is 0 Å². The maximum absolute atomic E-state index is 5.59. The van der Waals surface area contributed by atoms with Crippen molar-refractivity contribution >= 4 is 55.1 Å². The summed E-state index contributed by atoms with van der Waals surface area (Å²) >= 11 is 17.5. The summed E-state index contributed by atoms with van der Waals surface area (Å²) in [6, 6.07) is 0. The van der Waals surface area contributed by atoms with Crippen molar-refractivity contribution in [3.05, 3.63) is 10.1 Å². The molecular weight excluding hydrogens is 279 g/mol. The first kappa shape index (κ1) is 9.28. The van der Waals surface area contributed by atoms with Crippen LogP contribution in [0.4, 0.5) is 0 Å². The highest BCUT2D eigenvalue weighted by molar-refractivity contribution is 9.09. The van der Waals surface area contributed by atoms with Gasteiger partial charge >= 0.3 is 0 Å². The Morgan fingerprint density at radius 2 is 1.25 bits per heavy atom. The van der Waals surface area contributed by atoms with E-state index in [1.807, 2.05) is 0 Å². The molecule has 0 aromatic heterocycles. The molecule has 0 fully saturated rings. The van der Waals surface area contributed by atoms with Crippen LogP contribution in [-0.2, 0) is 0 Å². The number of hydrogen-bond acceptors (Lipinski definition) is 0. The fourth-order valence-corrected chi connectivity index (χ4v) is 1.28. The van der Waals surface area contributed by atoms with E-state index in [9.17, 15) is 0 Å². The van der Waals surface area contributed by atoms with Gasteiger partial charge in [-0.2, -0.15) is 0 Å². The van der Waals surface area contributed by atoms with Gasteiger partial charge in [0.2, 0.25) is 0 Å². The second-order valence-electron chi connectivity index (χ2n) is 1.08. The highest BCUT2D eigenvalue weighted by atomic mass is 79.9. The van der Waals surface area contributed by atoms with Crippen LogP contribution in [0.3, 0.4) is 0 Å². The van der Waals surface area contributed by atoms with Crippen LogP contribution in [-0.4, -0.2) is 10.7 Å². The van der Waals surface area contributed by atoms with E-state index in [1.165, 1.54) is 0 Å². The normalized spacial score (nSPS) is 13.5. The molecule has 0 aromatic carbocycles. The summed E-state index contributed by atoms with van der Waals surface area (Å²) in [5.74, 6) is 0. The molecule has 0 nitrogen and oxygen atoms in total. The van der Waals surface area contributed by atoms with Crippen molar-refractivity contribution in [1.29, 1.82) is 0 Å². The Labute approximate surface area is 75.5 Å². The van der Waals surface area contributed by atoms with E-state index >= 15 is 0 Å². The van der Waals surface area contributed by atoms with Crippen molar-refractivity contribution in [3.63, 3.8) is 0 Å². The molecule has 0 aliphatic carbocycles. The first-order valence-corrected chi connectivity index (χ1v) is 4.87. The lowest BCUT2D eigenvalue weighted by Gasteiger charge is -1.92. The van der Waals surface area contributed by atoms with Crippen LogP contribution in [0.2, 0.25) is 0 Å². The van der Waals surface area contributed by atoms with Crippen LogP contribution in [0.25, 0.3) is 0 Å². The summed E-state index contributed by atoms with van der Waals surface area (Å²) in [6.45, 7) is 0. The van der Waals surface area contributed by atoms with Gasteiger partial charge in [-0.3, -0.25) is 0 Å². The average molecular weight is 283 g/mol. The van der Waals surface area contributed by atoms with E-state index < -0.39 is 0 Å². The topological polar surface area (TPSA) is 0 Å². The van der Waals surface area contributed by atoms with Crippen LogP contribution in [0.1, 0.15) is 0 Å². The number of halogens is 4. The minimum Gasteiger partial charge on any atom is -0.0869 e. The Bertz CT molecular complexity index is 88.2. The number of alkyl halides is 2. The largest absolute Gasteiger partial charge is 0.0869 e. The zero-order valence-corrected chi connectivity index (χ0v) is 8.61. The van der Waals surface area contributed by atoms with Crippen molar-refractivity contribution in [2.45, 2.75) is 0 Å². The number of allylic oxidation sites excluding steroid dienone is 2. The molecule has 0 rings (SSSR count). The molecule has 0 bridgehead atoms. The zero-order valence-electron chi connectivity index (χ0n) is 3.93. The smallest absolute Gasteiger partial charge is 0.0440 e. The van der Waals surface area contributed by atoms with Gasteiger partial charge in [0.15, 0.2) is 0 Å². The Morgan fingerprint density at radius 1 is 1.00 bits per heavy atom. The van der Waals surface area contributed by atoms with Crippen LogP contribution in [0.15, 0.2) is 10.1 Å². The quantitative estimate of drug-likeness (QED) is 0.681. The van der Waals surface area contributed by atoms with Crippen LogP contribution >= 0.6 is 55.1 Å². The molecule has 0 saturated carbocycles. The lowest BCUT2D eigenvalue weighted by Crippen LogP contribution is -1.79. The molecule has 0 atom stereocenters. The van der Waals surface area contributed by atoms with Crippen molar-refractivity contribution in [2.75, 3.05) is 10.7 Å². The van der Waals surface area contributed by atoms with E-state index in [1.54, 1.807) is 0 Å². The van der Waals surface area contributed by atoms with Crippen molar-refractivity contribution in [1.82, 2.24) is 0 Å². The van der Waals surface area contributed by atoms with Crippen LogP contribution < -0.4 is 0 Å². The molecule has 0 saturated heterocycles. The molecule has 4 heteroatoms. The maximum atomic E-state index is 5.59. The average Bonchev–Trinajstić information content (AvgIpc) is 1.84. The first-order valence-electron chi connectivity index (χ1n) is 1.87. The van der Waals surface area contributed by atoms with Gasteiger partial charge in [0.1, 0.15) is 0 Å². The second-order valence-corrected chi connectivity index (χ2v) is 3.11. The van der Waals surface area contributed by atoms with E-state index in [-0.39, 0.29) is 0 Å². The molecule has 0 N–H and O–H groups in total. The van der Waals surface area contributed by atoms with Gasteiger partial charge in [0, 0.05) is 20.7 Å². The molecule has 0 spiro atoms. The SMILES string of the molecule is Cl/C(CBr)=C(\Cl)CBr. The predicted octanol–water partition coefficient (Wildman–Crippen LogP) is 3.47. The number of hydrogen-bond donors (Lipinski definition) is 0. The number of rotatable bonds is 2. The third-order valence-corrected chi connectivity index (χ3v) is 3.12. The molecule has 48 valence electrons. The van der Waals surface area contributed by atoms with E-state index in [4.69, 9.17) is 23.2 Å². The van der Waals surface area contributed by atoms with E-state index in [0.29, 0.717) is 20.7 Å². The van der Waals surface area contributed by atoms with E-state index in [0.717, 1.165) is 0 Å². The standard InChI is InChI=1S/C4H4Br2Cl2/c5-1-3(7)4(8)2-6/h1-2H2/b4-3-. The predicted molar refractivity (Wildman–Crippen MR) is 46.3 cm³/mol. The fraction of sp³-hybridized carbons (Fsp3) is 0.500. The van der Waals surface area contributed by atoms with Crippen LogP contribution in [0, 0.1) is 0 Å². The molecule has 0 amide bonds. The van der Waals surface area contributed by atoms with Gasteiger partial charge in [-0.25, -0.2) is 0 Å². The van der Waals surface area contributed by atoms with Crippen molar-refractivity contribution in [2.24, 2.45) is 0 Å². The van der Waals surface area contributed by atoms with E-state index in [2.05, 4.69) is 31.9 Å². The monoisotopic (exact) mass is 280 g/mol. The summed E-state index contributed by atoms with van der Waals surface area (Å²) in [5, 5.41) is 2.56. The van der Waals surface area contributed by atoms with Crippen molar-refractivity contribution < 1.29 is 0 Å². The Kier molecular flexibility index (Phi) is 5.91. The summed E-state index contributed by atoms with van der Waals surface area (Å²) in [6.07, 6.45) is 0. The molecule has 0 aliphatic rings. The minimum atomic E-state index is 0.624.